The molecule has 5 heterocycles. The molecule has 0 spiro atoms. The number of allylic oxidation sites excluding steroid dienone is 3. The Labute approximate surface area is 446 Å². The second-order valence-corrected chi connectivity index (χ2v) is 22.9. The third-order valence-electron chi connectivity index (χ3n) is 14.2. The number of thiazole rings is 1. The number of fused-ring (bicyclic) bond motifs is 4. The van der Waals surface area contributed by atoms with E-state index in [0.717, 1.165) is 73.9 Å². The van der Waals surface area contributed by atoms with Crippen molar-refractivity contribution in [2.75, 3.05) is 84.4 Å². The van der Waals surface area contributed by atoms with Gasteiger partial charge in [0.1, 0.15) is 24.8 Å². The van der Waals surface area contributed by atoms with Crippen molar-refractivity contribution in [2.45, 2.75) is 75.8 Å². The summed E-state index contributed by atoms with van der Waals surface area (Å²) in [4.78, 5) is 47.1. The number of amides is 2. The smallest absolute Gasteiger partial charge is 0.333 e. The van der Waals surface area contributed by atoms with Gasteiger partial charge in [-0.2, -0.15) is 9.13 Å². The Bertz CT molecular complexity index is 3020. The lowest BCUT2D eigenvalue weighted by Gasteiger charge is -2.38. The first-order valence-corrected chi connectivity index (χ1v) is 27.9. The number of hydrogen-bond acceptors (Lipinski definition) is 9. The molecule has 0 radical (unpaired) electrons. The minimum atomic E-state index is -0.548. The number of imide groups is 1. The number of hydrogen-bond donors (Lipinski definition) is 0. The number of para-hydroxylation sites is 4. The van der Waals surface area contributed by atoms with E-state index in [-0.39, 0.29) is 25.4 Å². The zero-order valence-corrected chi connectivity index (χ0v) is 46.1. The summed E-state index contributed by atoms with van der Waals surface area (Å²) in [7, 11) is 13.5. The van der Waals surface area contributed by atoms with Crippen LogP contribution in [0.2, 0.25) is 0 Å². The Morgan fingerprint density at radius 2 is 1.46 bits per heavy atom. The number of unbranched alkanes of at least 4 members (excludes halogenated alkanes) is 2. The van der Waals surface area contributed by atoms with Crippen LogP contribution in [0.3, 0.4) is 0 Å². The molecule has 6 aromatic rings. The number of ether oxygens (including phenoxy) is 1. The summed E-state index contributed by atoms with van der Waals surface area (Å²) < 4.78 is 14.3. The molecule has 3 aliphatic heterocycles. The lowest BCUT2D eigenvalue weighted by atomic mass is 10.00. The van der Waals surface area contributed by atoms with Crippen LogP contribution in [0.1, 0.15) is 69.4 Å². The van der Waals surface area contributed by atoms with E-state index in [0.29, 0.717) is 18.1 Å². The highest BCUT2D eigenvalue weighted by atomic mass is 32.2. The molecule has 0 N–H and O–H groups in total. The van der Waals surface area contributed by atoms with E-state index in [4.69, 9.17) is 9.57 Å². The minimum Gasteiger partial charge on any atom is -0.366 e. The fourth-order valence-corrected chi connectivity index (χ4v) is 12.2. The molecule has 9 rings (SSSR count). The molecule has 2 amide bonds. The number of pyridine rings is 1. The fraction of sp³-hybridized carbons (Fsp3) is 0.383. The van der Waals surface area contributed by atoms with Gasteiger partial charge in [-0.1, -0.05) is 90.2 Å². The van der Waals surface area contributed by atoms with E-state index < -0.39 is 17.8 Å². The van der Waals surface area contributed by atoms with Crippen LogP contribution in [0.4, 0.5) is 11.4 Å². The number of thioether (sulfide) groups is 1. The molecule has 74 heavy (non-hydrogen) atoms. The number of carbonyl (C=O) groups excluding carboxylic acids is 3. The van der Waals surface area contributed by atoms with Crippen molar-refractivity contribution in [2.24, 2.45) is 7.05 Å². The van der Waals surface area contributed by atoms with Gasteiger partial charge < -0.3 is 28.3 Å². The number of anilines is 2. The van der Waals surface area contributed by atoms with Crippen molar-refractivity contribution in [3.63, 3.8) is 0 Å². The Kier molecular flexibility index (Phi) is 18.2. The first-order valence-electron chi connectivity index (χ1n) is 26.2. The molecule has 0 bridgehead atoms. The van der Waals surface area contributed by atoms with Crippen LogP contribution < -0.4 is 18.9 Å². The van der Waals surface area contributed by atoms with Crippen molar-refractivity contribution in [1.82, 2.24) is 5.06 Å². The summed E-state index contributed by atoms with van der Waals surface area (Å²) in [5.74, 6) is -1.45. The van der Waals surface area contributed by atoms with Gasteiger partial charge in [0, 0.05) is 86.4 Å². The number of likely N-dealkylation sites (N-methyl/N-ethyl adjacent to an activating group) is 2. The summed E-state index contributed by atoms with van der Waals surface area (Å²) >= 11 is 3.60. The fourth-order valence-electron chi connectivity index (χ4n) is 10.2. The number of carbonyl (C=O) groups is 3. The highest BCUT2D eigenvalue weighted by molar-refractivity contribution is 8.03. The van der Waals surface area contributed by atoms with Crippen molar-refractivity contribution >= 4 is 85.0 Å². The Hall–Kier alpha value is -6.16. The maximum absolute atomic E-state index is 12.4. The predicted octanol–water partition coefficient (Wildman–Crippen LogP) is 10.3. The van der Waals surface area contributed by atoms with Gasteiger partial charge in [-0.15, -0.1) is 5.06 Å². The van der Waals surface area contributed by atoms with Gasteiger partial charge in [0.15, 0.2) is 18.8 Å². The van der Waals surface area contributed by atoms with E-state index in [1.807, 2.05) is 11.8 Å². The molecule has 388 valence electrons. The molecular formula is C60H75N7O5S2+4. The average Bonchev–Trinajstić information content (AvgIpc) is 4.04. The standard InChI is InChI=1S/C52H67N6O5S.C8H8NS/c1-7-40-28-32-54(45-21-12-10-19-43(40)45)30-17-34-57(3,4)38-42(62-36-16-8-9-25-52(61)63-56-49(59)26-27-50(56)60)39-58(5,6)35-18-31-55-33-29-41(44-20-11-13-22-46(44)55)37-51-53(2)47-23-14-15-24-48(47)64-51;1-9-6-10-8-5-3-2-4-7(8)9/h7,10-15,19-24,28-29,32-33,37,42H,8-9,16-18,25-27,30-31,34-36,38-39H2,1-6H3;2-6H,1H3/q+3;+1/b40-7+;. The van der Waals surface area contributed by atoms with E-state index in [1.165, 1.54) is 59.1 Å². The van der Waals surface area contributed by atoms with Crippen LogP contribution >= 0.6 is 23.1 Å². The Morgan fingerprint density at radius 1 is 0.784 bits per heavy atom. The van der Waals surface area contributed by atoms with Gasteiger partial charge in [-0.05, 0) is 73.4 Å². The maximum atomic E-state index is 12.4. The molecule has 1 unspecified atom stereocenters. The summed E-state index contributed by atoms with van der Waals surface area (Å²) in [6.45, 7) is 8.32. The summed E-state index contributed by atoms with van der Waals surface area (Å²) in [5, 5.41) is 3.10. The lowest BCUT2D eigenvalue weighted by molar-refractivity contribution is -0.915. The van der Waals surface area contributed by atoms with Crippen molar-refractivity contribution in [3.8, 4) is 0 Å². The van der Waals surface area contributed by atoms with Crippen molar-refractivity contribution in [3.05, 3.63) is 149 Å². The first-order chi connectivity index (χ1) is 35.7. The van der Waals surface area contributed by atoms with Crippen LogP contribution in [-0.2, 0) is 37.6 Å². The number of aryl methyl sites for hydroxylation is 2. The van der Waals surface area contributed by atoms with Gasteiger partial charge in [0.2, 0.25) is 16.5 Å². The first kappa shape index (κ1) is 54.1. The number of benzene rings is 4. The van der Waals surface area contributed by atoms with Gasteiger partial charge >= 0.3 is 5.97 Å². The molecule has 12 nitrogen and oxygen atoms in total. The number of quaternary nitrogens is 2. The second-order valence-electron chi connectivity index (χ2n) is 20.9. The second kappa shape index (κ2) is 24.9. The van der Waals surface area contributed by atoms with Crippen LogP contribution in [0.25, 0.3) is 32.8 Å². The molecule has 14 heteroatoms. The highest BCUT2D eigenvalue weighted by Gasteiger charge is 2.33. The molecule has 4 aromatic carbocycles. The Morgan fingerprint density at radius 3 is 2.20 bits per heavy atom. The van der Waals surface area contributed by atoms with Crippen molar-refractivity contribution in [1.29, 1.82) is 0 Å². The largest absolute Gasteiger partial charge is 0.366 e. The monoisotopic (exact) mass is 1040 g/mol. The lowest BCUT2D eigenvalue weighted by Crippen LogP contribution is -2.54. The number of hydroxylamine groups is 2. The van der Waals surface area contributed by atoms with Gasteiger partial charge in [0.05, 0.1) is 63.8 Å². The third-order valence-corrected chi connectivity index (χ3v) is 16.3. The molecule has 0 aliphatic carbocycles. The van der Waals surface area contributed by atoms with E-state index in [2.05, 4.69) is 207 Å². The summed E-state index contributed by atoms with van der Waals surface area (Å²) in [6, 6.07) is 36.6. The molecule has 2 aromatic heterocycles. The predicted molar refractivity (Wildman–Crippen MR) is 301 cm³/mol. The summed E-state index contributed by atoms with van der Waals surface area (Å²) in [5.41, 5.74) is 10.9. The molecule has 1 fully saturated rings. The van der Waals surface area contributed by atoms with Crippen LogP contribution in [0, 0.1) is 0 Å². The van der Waals surface area contributed by atoms with Crippen LogP contribution in [-0.4, -0.2) is 112 Å². The van der Waals surface area contributed by atoms with Crippen LogP contribution in [0.15, 0.2) is 143 Å². The molecule has 3 aliphatic rings. The highest BCUT2D eigenvalue weighted by Crippen LogP contribution is 2.45. The normalized spacial score (nSPS) is 16.1. The van der Waals surface area contributed by atoms with Crippen molar-refractivity contribution < 1.29 is 42.1 Å². The SMILES string of the molecule is C/C=C1\C=CN(CCC[N+](C)(C)CC(C[N+](C)(C)CCC[n+]2ccc(C=C3Sc4ccccc4N3C)c3ccccc32)OCCCCCC(=O)ON2C(=O)CCC2=O)c2ccccc21.C[n+]1csc2ccccc21. The number of nitrogens with zero attached hydrogens (tertiary/aromatic N) is 7. The molecular weight excluding hydrogens is 963 g/mol. The number of aromatic nitrogens is 2. The van der Waals surface area contributed by atoms with Gasteiger partial charge in [-0.3, -0.25) is 9.59 Å². The quantitative estimate of drug-likeness (QED) is 0.0305. The Balaban J connectivity index is 0.000000645. The number of rotatable bonds is 21. The molecule has 0 saturated carbocycles. The zero-order valence-electron chi connectivity index (χ0n) is 44.5. The van der Waals surface area contributed by atoms with Crippen LogP contribution in [0.5, 0.6) is 0 Å². The van der Waals surface area contributed by atoms with E-state index >= 15 is 0 Å². The topological polar surface area (TPSA) is 87.2 Å². The zero-order chi connectivity index (χ0) is 52.2. The molecule has 1 saturated heterocycles. The molecule has 1 atom stereocenters. The average molecular weight is 1040 g/mol. The third kappa shape index (κ3) is 14.0. The van der Waals surface area contributed by atoms with E-state index in [1.54, 1.807) is 11.3 Å². The van der Waals surface area contributed by atoms with E-state index in [9.17, 15) is 14.4 Å². The minimum absolute atomic E-state index is 0.0357. The van der Waals surface area contributed by atoms with Gasteiger partial charge in [-0.25, -0.2) is 4.79 Å². The maximum Gasteiger partial charge on any atom is 0.333 e. The summed E-state index contributed by atoms with van der Waals surface area (Å²) in [6.07, 6.45) is 15.8. The van der Waals surface area contributed by atoms with Gasteiger partial charge in [0.25, 0.3) is 11.8 Å².